The number of carbonyl (C=O) groups is 2. The molecule has 0 heterocycles. The summed E-state index contributed by atoms with van der Waals surface area (Å²) in [5.41, 5.74) is 0. The van der Waals surface area contributed by atoms with Gasteiger partial charge in [-0.1, -0.05) is 356 Å². The van der Waals surface area contributed by atoms with Crippen molar-refractivity contribution in [3.63, 3.8) is 0 Å². The number of quaternary nitrogens is 1. The lowest BCUT2D eigenvalue weighted by atomic mass is 10.0. The molecule has 0 fully saturated rings. The van der Waals surface area contributed by atoms with Crippen LogP contribution in [0.5, 0.6) is 0 Å². The number of phosphoric acid groups is 1. The van der Waals surface area contributed by atoms with Gasteiger partial charge >= 0.3 is 19.8 Å². The van der Waals surface area contributed by atoms with Gasteiger partial charge in [0, 0.05) is 12.8 Å². The zero-order valence-electron chi connectivity index (χ0n) is 59.2. The molecule has 0 rings (SSSR count). The number of ether oxygens (including phenoxy) is 2. The van der Waals surface area contributed by atoms with Crippen molar-refractivity contribution in [3.05, 3.63) is 85.1 Å². The summed E-state index contributed by atoms with van der Waals surface area (Å²) in [5, 5.41) is 0. The highest BCUT2D eigenvalue weighted by atomic mass is 31.2. The largest absolute Gasteiger partial charge is 0.472 e. The van der Waals surface area contributed by atoms with Gasteiger partial charge in [0.25, 0.3) is 0 Å². The van der Waals surface area contributed by atoms with Gasteiger partial charge in [-0.2, -0.15) is 0 Å². The number of hydrogen-bond acceptors (Lipinski definition) is 7. The van der Waals surface area contributed by atoms with Crippen LogP contribution in [0, 0.1) is 0 Å². The molecule has 0 aliphatic rings. The summed E-state index contributed by atoms with van der Waals surface area (Å²) >= 11 is 0. The zero-order chi connectivity index (χ0) is 64.8. The minimum Gasteiger partial charge on any atom is -0.462 e. The fraction of sp³-hybridized carbons (Fsp3) is 0.797. The standard InChI is InChI=1S/C79H144NO8P/c1-6-8-10-12-14-16-18-20-22-24-26-28-30-32-33-34-35-36-37-38-39-40-41-42-43-44-45-46-47-48-50-52-54-56-58-60-62-64-66-68-70-72-79(82)88-77(76-87-89(83,84)86-74-73-80(3,4)5)75-85-78(81)71-69-67-65-63-61-59-57-55-53-51-49-31-29-27-25-23-21-19-17-15-13-11-9-7-2/h8,10,14,16,20,22,26,28,32-33,35-36,38-39,77H,6-7,9,11-13,15,17-19,21,23-25,27,29-31,34,37,40-76H2,1-5H3/p+1/b10-8-,16-14-,22-20-,28-26-,33-32-,36-35-,39-38-. The van der Waals surface area contributed by atoms with Gasteiger partial charge in [0.15, 0.2) is 6.10 Å². The summed E-state index contributed by atoms with van der Waals surface area (Å²) < 4.78 is 34.8. The van der Waals surface area contributed by atoms with Gasteiger partial charge in [0.1, 0.15) is 19.8 Å². The molecule has 0 saturated heterocycles. The molecule has 2 atom stereocenters. The molecular formula is C79H145NO8P+. The van der Waals surface area contributed by atoms with Gasteiger partial charge in [0.2, 0.25) is 0 Å². The van der Waals surface area contributed by atoms with Crippen molar-refractivity contribution in [1.29, 1.82) is 0 Å². The number of unbranched alkanes of at least 4 members (excludes halogenated alkanes) is 42. The fourth-order valence-electron chi connectivity index (χ4n) is 10.9. The molecule has 0 amide bonds. The van der Waals surface area contributed by atoms with E-state index in [-0.39, 0.29) is 25.6 Å². The van der Waals surface area contributed by atoms with Gasteiger partial charge in [0.05, 0.1) is 27.7 Å². The highest BCUT2D eigenvalue weighted by Gasteiger charge is 2.27. The van der Waals surface area contributed by atoms with E-state index in [4.69, 9.17) is 18.5 Å². The number of allylic oxidation sites excluding steroid dienone is 14. The van der Waals surface area contributed by atoms with Crippen LogP contribution in [0.4, 0.5) is 0 Å². The molecule has 0 aromatic rings. The Kier molecular flexibility index (Phi) is 67.3. The number of rotatable bonds is 70. The van der Waals surface area contributed by atoms with E-state index in [0.717, 1.165) is 77.0 Å². The van der Waals surface area contributed by atoms with Crippen LogP contribution < -0.4 is 0 Å². The summed E-state index contributed by atoms with van der Waals surface area (Å²) in [4.78, 5) is 35.9. The summed E-state index contributed by atoms with van der Waals surface area (Å²) in [6.45, 7) is 4.38. The van der Waals surface area contributed by atoms with Crippen molar-refractivity contribution in [2.24, 2.45) is 0 Å². The van der Waals surface area contributed by atoms with Crippen LogP contribution in [0.25, 0.3) is 0 Å². The number of carbonyl (C=O) groups excluding carboxylic acids is 2. The first-order valence-electron chi connectivity index (χ1n) is 37.8. The molecule has 10 heteroatoms. The van der Waals surface area contributed by atoms with Gasteiger partial charge in [-0.05, 0) is 70.6 Å². The number of esters is 2. The molecular weight excluding hydrogens is 1120 g/mol. The van der Waals surface area contributed by atoms with Crippen LogP contribution in [0.15, 0.2) is 85.1 Å². The minimum absolute atomic E-state index is 0.0330. The van der Waals surface area contributed by atoms with Crippen molar-refractivity contribution in [3.8, 4) is 0 Å². The van der Waals surface area contributed by atoms with Gasteiger partial charge < -0.3 is 18.9 Å². The van der Waals surface area contributed by atoms with Crippen LogP contribution in [0.3, 0.4) is 0 Å². The number of likely N-dealkylation sites (N-methyl/N-ethyl adjacent to an activating group) is 1. The average Bonchev–Trinajstić information content (AvgIpc) is 3.60. The maximum absolute atomic E-state index is 12.9. The van der Waals surface area contributed by atoms with Crippen LogP contribution in [0.1, 0.15) is 354 Å². The molecule has 0 aliphatic carbocycles. The van der Waals surface area contributed by atoms with E-state index in [1.54, 1.807) is 0 Å². The van der Waals surface area contributed by atoms with Crippen LogP contribution in [-0.4, -0.2) is 74.9 Å². The molecule has 0 saturated carbocycles. The molecule has 0 aromatic carbocycles. The molecule has 0 aromatic heterocycles. The molecule has 0 radical (unpaired) electrons. The first-order chi connectivity index (χ1) is 43.5. The van der Waals surface area contributed by atoms with Crippen LogP contribution in [-0.2, 0) is 32.7 Å². The van der Waals surface area contributed by atoms with E-state index in [2.05, 4.69) is 98.9 Å². The molecule has 518 valence electrons. The Labute approximate surface area is 551 Å². The highest BCUT2D eigenvalue weighted by Crippen LogP contribution is 2.43. The zero-order valence-corrected chi connectivity index (χ0v) is 60.1. The van der Waals surface area contributed by atoms with Crippen LogP contribution in [0.2, 0.25) is 0 Å². The molecule has 1 N–H and O–H groups in total. The van der Waals surface area contributed by atoms with Crippen molar-refractivity contribution >= 4 is 19.8 Å². The third-order valence-electron chi connectivity index (χ3n) is 16.7. The second-order valence-electron chi connectivity index (χ2n) is 26.7. The summed E-state index contributed by atoms with van der Waals surface area (Å²) in [6.07, 6.45) is 95.7. The van der Waals surface area contributed by atoms with Gasteiger partial charge in [-0.25, -0.2) is 4.57 Å². The second-order valence-corrected chi connectivity index (χ2v) is 28.1. The predicted octanol–water partition coefficient (Wildman–Crippen LogP) is 24.9. The van der Waals surface area contributed by atoms with Crippen molar-refractivity contribution in [1.82, 2.24) is 0 Å². The molecule has 2 unspecified atom stereocenters. The van der Waals surface area contributed by atoms with Gasteiger partial charge in [-0.3, -0.25) is 18.6 Å². The Morgan fingerprint density at radius 1 is 0.360 bits per heavy atom. The van der Waals surface area contributed by atoms with E-state index in [1.807, 2.05) is 21.1 Å². The number of nitrogens with zero attached hydrogens (tertiary/aromatic N) is 1. The Balaban J connectivity index is 3.95. The van der Waals surface area contributed by atoms with Crippen molar-refractivity contribution in [2.45, 2.75) is 360 Å². The van der Waals surface area contributed by atoms with E-state index in [0.29, 0.717) is 23.9 Å². The monoisotopic (exact) mass is 1270 g/mol. The number of phosphoric ester groups is 1. The lowest BCUT2D eigenvalue weighted by molar-refractivity contribution is -0.870. The molecule has 9 nitrogen and oxygen atoms in total. The maximum Gasteiger partial charge on any atom is 0.472 e. The molecule has 0 bridgehead atoms. The average molecular weight is 1270 g/mol. The molecule has 0 aliphatic heterocycles. The Hall–Kier alpha value is -2.81. The quantitative estimate of drug-likeness (QED) is 0.0211. The third kappa shape index (κ3) is 74.1. The van der Waals surface area contributed by atoms with E-state index in [1.165, 1.54) is 244 Å². The topological polar surface area (TPSA) is 108 Å². The normalized spacial score (nSPS) is 13.6. The fourth-order valence-corrected chi connectivity index (χ4v) is 11.7. The number of hydrogen-bond donors (Lipinski definition) is 1. The summed E-state index contributed by atoms with van der Waals surface area (Å²) in [7, 11) is 1.49. The lowest BCUT2D eigenvalue weighted by Gasteiger charge is -2.24. The van der Waals surface area contributed by atoms with Crippen LogP contribution >= 0.6 is 7.82 Å². The smallest absolute Gasteiger partial charge is 0.462 e. The minimum atomic E-state index is -4.39. The molecule has 89 heavy (non-hydrogen) atoms. The Morgan fingerprint density at radius 2 is 0.640 bits per heavy atom. The summed E-state index contributed by atoms with van der Waals surface area (Å²) in [5.74, 6) is -0.778. The highest BCUT2D eigenvalue weighted by molar-refractivity contribution is 7.47. The third-order valence-corrected chi connectivity index (χ3v) is 17.7. The van der Waals surface area contributed by atoms with E-state index >= 15 is 0 Å². The van der Waals surface area contributed by atoms with E-state index in [9.17, 15) is 19.0 Å². The first kappa shape index (κ1) is 86.2. The predicted molar refractivity (Wildman–Crippen MR) is 385 cm³/mol. The summed E-state index contributed by atoms with van der Waals surface area (Å²) in [6, 6.07) is 0. The lowest BCUT2D eigenvalue weighted by Crippen LogP contribution is -2.37. The maximum atomic E-state index is 12.9. The van der Waals surface area contributed by atoms with E-state index < -0.39 is 26.5 Å². The Bertz CT molecular complexity index is 1780. The SMILES string of the molecule is CC/C=C\C/C=C\C/C=C\C/C=C\C/C=C\C/C=C\C/C=C\CCCCCCCCCCCCCCCCCCCCCC(=O)OC(COC(=O)CCCCCCCCCCCCCCCCCCCCCCCCCC)COP(=O)(O)OCC[N+](C)(C)C. The van der Waals surface area contributed by atoms with Crippen molar-refractivity contribution < 1.29 is 42.1 Å². The first-order valence-corrected chi connectivity index (χ1v) is 39.3. The second kappa shape index (κ2) is 69.5. The van der Waals surface area contributed by atoms with Crippen molar-refractivity contribution in [2.75, 3.05) is 47.5 Å². The van der Waals surface area contributed by atoms with Gasteiger partial charge in [-0.15, -0.1) is 0 Å². The Morgan fingerprint density at radius 3 is 0.955 bits per heavy atom. The molecule has 0 spiro atoms.